The molecule has 0 aromatic rings. The lowest BCUT2D eigenvalue weighted by molar-refractivity contribution is -0.139. The van der Waals surface area contributed by atoms with Gasteiger partial charge in [-0.05, 0) is 19.4 Å². The molecule has 104 valence electrons. The highest BCUT2D eigenvalue weighted by Gasteiger charge is 2.34. The Morgan fingerprint density at radius 1 is 1.44 bits per heavy atom. The van der Waals surface area contributed by atoms with Gasteiger partial charge in [-0.2, -0.15) is 0 Å². The number of aliphatic hydroxyl groups is 1. The van der Waals surface area contributed by atoms with Gasteiger partial charge in [0.25, 0.3) is 0 Å². The molecule has 5 nitrogen and oxygen atoms in total. The molecule has 2 rings (SSSR count). The summed E-state index contributed by atoms with van der Waals surface area (Å²) in [7, 11) is 1.78. The lowest BCUT2D eigenvalue weighted by atomic mass is 9.93. The summed E-state index contributed by atoms with van der Waals surface area (Å²) in [5, 5.41) is 13.6. The maximum atomic E-state index is 12.2. The van der Waals surface area contributed by atoms with Crippen LogP contribution in [0.3, 0.4) is 0 Å². The summed E-state index contributed by atoms with van der Waals surface area (Å²) in [6.45, 7) is 2.50. The highest BCUT2D eigenvalue weighted by Crippen LogP contribution is 2.22. The lowest BCUT2D eigenvalue weighted by Gasteiger charge is -2.37. The molecule has 0 unspecified atom stereocenters. The van der Waals surface area contributed by atoms with Crippen molar-refractivity contribution in [2.45, 2.75) is 43.7 Å². The molecule has 0 bridgehead atoms. The van der Waals surface area contributed by atoms with Crippen molar-refractivity contribution in [1.82, 2.24) is 10.2 Å². The average Bonchev–Trinajstić information content (AvgIpc) is 2.39. The quantitative estimate of drug-likeness (QED) is 0.753. The van der Waals surface area contributed by atoms with E-state index in [9.17, 15) is 9.90 Å². The zero-order valence-corrected chi connectivity index (χ0v) is 11.2. The predicted octanol–water partition coefficient (Wildman–Crippen LogP) is 0.128. The fourth-order valence-electron chi connectivity index (χ4n) is 2.76. The molecular weight excluding hydrogens is 232 g/mol. The molecule has 18 heavy (non-hydrogen) atoms. The number of carbonyl (C=O) groups is 1. The van der Waals surface area contributed by atoms with Crippen molar-refractivity contribution < 1.29 is 14.6 Å². The summed E-state index contributed by atoms with van der Waals surface area (Å²) in [6, 6.07) is -0.0628. The summed E-state index contributed by atoms with van der Waals surface area (Å²) < 4.78 is 5.25. The molecule has 2 aliphatic heterocycles. The van der Waals surface area contributed by atoms with Crippen LogP contribution in [-0.4, -0.2) is 60.9 Å². The highest BCUT2D eigenvalue weighted by atomic mass is 16.5. The number of piperidine rings is 1. The molecule has 2 heterocycles. The van der Waals surface area contributed by atoms with Gasteiger partial charge in [0.15, 0.2) is 0 Å². The van der Waals surface area contributed by atoms with Gasteiger partial charge in [0.05, 0.1) is 11.6 Å². The number of carbonyl (C=O) groups excluding carboxylic acids is 1. The third-order valence-electron chi connectivity index (χ3n) is 3.94. The molecule has 2 saturated heterocycles. The Labute approximate surface area is 108 Å². The molecule has 5 heteroatoms. The maximum absolute atomic E-state index is 12.2. The molecular formula is C13H24N2O3. The first kappa shape index (κ1) is 13.8. The van der Waals surface area contributed by atoms with Crippen molar-refractivity contribution in [2.24, 2.45) is 0 Å². The molecule has 2 fully saturated rings. The number of likely N-dealkylation sites (N-methyl/N-ethyl adjacent to an activating group) is 1. The van der Waals surface area contributed by atoms with Crippen molar-refractivity contribution >= 4 is 5.91 Å². The second-order valence-corrected chi connectivity index (χ2v) is 5.53. The standard InChI is InChI=1S/C13H24N2O3/c1-15(10-13(17)5-8-18-9-6-13)12(16)11-4-2-3-7-14-11/h11,14,17H,2-10H2,1H3/t11-/m1/s1. The van der Waals surface area contributed by atoms with Gasteiger partial charge < -0.3 is 20.1 Å². The summed E-state index contributed by atoms with van der Waals surface area (Å²) >= 11 is 0. The largest absolute Gasteiger partial charge is 0.388 e. The summed E-state index contributed by atoms with van der Waals surface area (Å²) in [6.07, 6.45) is 4.39. The van der Waals surface area contributed by atoms with Crippen LogP contribution in [0.2, 0.25) is 0 Å². The molecule has 0 spiro atoms. The SMILES string of the molecule is CN(CC1(O)CCOCC1)C(=O)[C@H]1CCCCN1. The van der Waals surface area contributed by atoms with Crippen LogP contribution in [0.5, 0.6) is 0 Å². The minimum absolute atomic E-state index is 0.0628. The van der Waals surface area contributed by atoms with Crippen LogP contribution in [0, 0.1) is 0 Å². The number of ether oxygens (including phenoxy) is 1. The highest BCUT2D eigenvalue weighted by molar-refractivity contribution is 5.81. The van der Waals surface area contributed by atoms with Crippen LogP contribution in [-0.2, 0) is 9.53 Å². The molecule has 0 saturated carbocycles. The molecule has 0 aliphatic carbocycles. The van der Waals surface area contributed by atoms with Gasteiger partial charge in [-0.1, -0.05) is 6.42 Å². The van der Waals surface area contributed by atoms with Crippen LogP contribution in [0.1, 0.15) is 32.1 Å². The minimum atomic E-state index is -0.767. The number of hydrogen-bond donors (Lipinski definition) is 2. The van der Waals surface area contributed by atoms with E-state index in [0.29, 0.717) is 32.6 Å². The van der Waals surface area contributed by atoms with E-state index in [1.165, 1.54) is 0 Å². The first-order valence-corrected chi connectivity index (χ1v) is 6.89. The minimum Gasteiger partial charge on any atom is -0.388 e. The fraction of sp³-hybridized carbons (Fsp3) is 0.923. The first-order chi connectivity index (χ1) is 8.61. The van der Waals surface area contributed by atoms with E-state index in [1.54, 1.807) is 11.9 Å². The molecule has 1 atom stereocenters. The zero-order chi connectivity index (χ0) is 13.0. The predicted molar refractivity (Wildman–Crippen MR) is 68.3 cm³/mol. The van der Waals surface area contributed by atoms with Crippen molar-refractivity contribution in [3.63, 3.8) is 0 Å². The topological polar surface area (TPSA) is 61.8 Å². The van der Waals surface area contributed by atoms with Gasteiger partial charge in [0.2, 0.25) is 5.91 Å². The molecule has 2 N–H and O–H groups in total. The summed E-state index contributed by atoms with van der Waals surface area (Å²) in [4.78, 5) is 13.9. The zero-order valence-electron chi connectivity index (χ0n) is 11.2. The number of amides is 1. The number of nitrogens with zero attached hydrogens (tertiary/aromatic N) is 1. The second-order valence-electron chi connectivity index (χ2n) is 5.53. The maximum Gasteiger partial charge on any atom is 0.239 e. The molecule has 0 radical (unpaired) electrons. The van der Waals surface area contributed by atoms with Crippen molar-refractivity contribution in [2.75, 3.05) is 33.4 Å². The van der Waals surface area contributed by atoms with E-state index in [0.717, 1.165) is 25.8 Å². The van der Waals surface area contributed by atoms with Crippen LogP contribution in [0.15, 0.2) is 0 Å². The van der Waals surface area contributed by atoms with Gasteiger partial charge >= 0.3 is 0 Å². The Bertz CT molecular complexity index is 284. The number of hydrogen-bond acceptors (Lipinski definition) is 4. The van der Waals surface area contributed by atoms with Gasteiger partial charge in [0, 0.05) is 39.6 Å². The van der Waals surface area contributed by atoms with E-state index in [1.807, 2.05) is 0 Å². The van der Waals surface area contributed by atoms with E-state index in [4.69, 9.17) is 4.74 Å². The monoisotopic (exact) mass is 256 g/mol. The smallest absolute Gasteiger partial charge is 0.239 e. The van der Waals surface area contributed by atoms with E-state index in [-0.39, 0.29) is 11.9 Å². The fourth-order valence-corrected chi connectivity index (χ4v) is 2.76. The third kappa shape index (κ3) is 3.43. The second kappa shape index (κ2) is 5.99. The Balaban J connectivity index is 1.85. The number of nitrogens with one attached hydrogen (secondary N) is 1. The van der Waals surface area contributed by atoms with E-state index in [2.05, 4.69) is 5.32 Å². The Morgan fingerprint density at radius 2 is 2.17 bits per heavy atom. The molecule has 2 aliphatic rings. The van der Waals surface area contributed by atoms with E-state index >= 15 is 0 Å². The van der Waals surface area contributed by atoms with E-state index < -0.39 is 5.60 Å². The summed E-state index contributed by atoms with van der Waals surface area (Å²) in [5.74, 6) is 0.106. The third-order valence-corrected chi connectivity index (χ3v) is 3.94. The lowest BCUT2D eigenvalue weighted by Crippen LogP contribution is -2.53. The molecule has 1 amide bonds. The molecule has 0 aromatic carbocycles. The van der Waals surface area contributed by atoms with Crippen molar-refractivity contribution in [3.8, 4) is 0 Å². The van der Waals surface area contributed by atoms with Crippen LogP contribution in [0.25, 0.3) is 0 Å². The number of rotatable bonds is 3. The van der Waals surface area contributed by atoms with Crippen molar-refractivity contribution in [1.29, 1.82) is 0 Å². The van der Waals surface area contributed by atoms with Gasteiger partial charge in [-0.3, -0.25) is 4.79 Å². The van der Waals surface area contributed by atoms with Crippen LogP contribution in [0.4, 0.5) is 0 Å². The van der Waals surface area contributed by atoms with Crippen LogP contribution >= 0.6 is 0 Å². The van der Waals surface area contributed by atoms with Gasteiger partial charge in [-0.15, -0.1) is 0 Å². The van der Waals surface area contributed by atoms with Gasteiger partial charge in [0.1, 0.15) is 0 Å². The van der Waals surface area contributed by atoms with Crippen molar-refractivity contribution in [3.05, 3.63) is 0 Å². The Hall–Kier alpha value is -0.650. The normalized spacial score (nSPS) is 27.8. The van der Waals surface area contributed by atoms with Gasteiger partial charge in [-0.25, -0.2) is 0 Å². The Kier molecular flexibility index (Phi) is 4.59. The molecule has 0 aromatic heterocycles. The Morgan fingerprint density at radius 3 is 2.78 bits per heavy atom. The van der Waals surface area contributed by atoms with Crippen LogP contribution < -0.4 is 5.32 Å². The first-order valence-electron chi connectivity index (χ1n) is 6.89. The summed E-state index contributed by atoms with van der Waals surface area (Å²) in [5.41, 5.74) is -0.767. The average molecular weight is 256 g/mol.